The molecule has 1 aliphatic rings. The lowest BCUT2D eigenvalue weighted by Crippen LogP contribution is -2.39. The van der Waals surface area contributed by atoms with Crippen molar-refractivity contribution in [3.05, 3.63) is 18.7 Å². The molecular weight excluding hydrogens is 282 g/mol. The third-order valence-electron chi connectivity index (χ3n) is 3.66. The first-order valence-electron chi connectivity index (χ1n) is 7.85. The van der Waals surface area contributed by atoms with Crippen LogP contribution in [0.2, 0.25) is 0 Å². The first kappa shape index (κ1) is 16.8. The molecule has 0 N–H and O–H groups in total. The van der Waals surface area contributed by atoms with Gasteiger partial charge in [0.1, 0.15) is 5.60 Å². The molecule has 0 radical (unpaired) electrons. The largest absolute Gasteiger partial charge is 0.444 e. The number of nitrogens with zero attached hydrogens (tertiary/aromatic N) is 3. The van der Waals surface area contributed by atoms with E-state index in [-0.39, 0.29) is 11.7 Å². The molecule has 2 heterocycles. The zero-order valence-electron chi connectivity index (χ0n) is 14.0. The summed E-state index contributed by atoms with van der Waals surface area (Å²) in [5.41, 5.74) is -0.729. The van der Waals surface area contributed by atoms with Crippen molar-refractivity contribution in [2.45, 2.75) is 58.3 Å². The summed E-state index contributed by atoms with van der Waals surface area (Å²) in [5.74, 6) is 0. The lowest BCUT2D eigenvalue weighted by atomic mass is 10.1. The van der Waals surface area contributed by atoms with Crippen LogP contribution in [-0.4, -0.2) is 51.4 Å². The van der Waals surface area contributed by atoms with Crippen molar-refractivity contribution in [2.75, 3.05) is 19.7 Å². The van der Waals surface area contributed by atoms with E-state index in [1.807, 2.05) is 37.9 Å². The number of rotatable bonds is 5. The van der Waals surface area contributed by atoms with Crippen LogP contribution in [0.25, 0.3) is 0 Å². The quantitative estimate of drug-likeness (QED) is 0.785. The molecule has 22 heavy (non-hydrogen) atoms. The van der Waals surface area contributed by atoms with Crippen LogP contribution in [0.4, 0.5) is 4.79 Å². The second kappa shape index (κ2) is 6.69. The molecule has 1 fully saturated rings. The van der Waals surface area contributed by atoms with E-state index in [4.69, 9.17) is 9.47 Å². The summed E-state index contributed by atoms with van der Waals surface area (Å²) < 4.78 is 13.5. The first-order chi connectivity index (χ1) is 10.3. The second-order valence-electron chi connectivity index (χ2n) is 7.10. The van der Waals surface area contributed by atoms with Gasteiger partial charge in [0.2, 0.25) is 0 Å². The van der Waals surface area contributed by atoms with Crippen LogP contribution < -0.4 is 0 Å². The van der Waals surface area contributed by atoms with E-state index in [0.717, 1.165) is 19.4 Å². The summed E-state index contributed by atoms with van der Waals surface area (Å²) in [7, 11) is 0. The maximum Gasteiger partial charge on any atom is 0.410 e. The molecule has 1 unspecified atom stereocenters. The molecule has 1 atom stereocenters. The van der Waals surface area contributed by atoms with Gasteiger partial charge < -0.3 is 18.9 Å². The molecule has 1 aromatic heterocycles. The van der Waals surface area contributed by atoms with Gasteiger partial charge in [-0.05, 0) is 40.5 Å². The summed E-state index contributed by atoms with van der Waals surface area (Å²) >= 11 is 0. The van der Waals surface area contributed by atoms with Crippen molar-refractivity contribution in [1.82, 2.24) is 14.5 Å². The monoisotopic (exact) mass is 309 g/mol. The Kier molecular flexibility index (Phi) is 5.11. The number of aromatic nitrogens is 2. The zero-order chi connectivity index (χ0) is 16.2. The third kappa shape index (κ3) is 5.02. The lowest BCUT2D eigenvalue weighted by Gasteiger charge is -2.27. The van der Waals surface area contributed by atoms with Crippen LogP contribution >= 0.6 is 0 Å². The normalized spacial score (nSPS) is 22.1. The Balaban J connectivity index is 1.72. The van der Waals surface area contributed by atoms with Gasteiger partial charge in [0, 0.05) is 32.1 Å². The Hall–Kier alpha value is -1.56. The van der Waals surface area contributed by atoms with Gasteiger partial charge in [0.05, 0.1) is 18.5 Å². The molecule has 0 bridgehead atoms. The van der Waals surface area contributed by atoms with Crippen LogP contribution in [0, 0.1) is 0 Å². The summed E-state index contributed by atoms with van der Waals surface area (Å²) in [4.78, 5) is 17.8. The van der Waals surface area contributed by atoms with Gasteiger partial charge >= 0.3 is 6.09 Å². The first-order valence-corrected chi connectivity index (χ1v) is 7.85. The Labute approximate surface area is 132 Å². The lowest BCUT2D eigenvalue weighted by molar-refractivity contribution is -0.0290. The van der Waals surface area contributed by atoms with Crippen molar-refractivity contribution < 1.29 is 14.3 Å². The number of carbonyl (C=O) groups excluding carboxylic acids is 1. The molecule has 0 aromatic carbocycles. The van der Waals surface area contributed by atoms with E-state index < -0.39 is 5.60 Å². The average molecular weight is 309 g/mol. The minimum atomic E-state index is -0.457. The van der Waals surface area contributed by atoms with E-state index in [9.17, 15) is 4.79 Å². The Morgan fingerprint density at radius 1 is 1.41 bits per heavy atom. The number of imidazole rings is 1. The second-order valence-corrected chi connectivity index (χ2v) is 7.10. The van der Waals surface area contributed by atoms with Crippen molar-refractivity contribution in [2.24, 2.45) is 0 Å². The van der Waals surface area contributed by atoms with Gasteiger partial charge in [-0.1, -0.05) is 0 Å². The van der Waals surface area contributed by atoms with Gasteiger partial charge in [-0.15, -0.1) is 0 Å². The van der Waals surface area contributed by atoms with Crippen molar-refractivity contribution >= 4 is 6.09 Å². The maximum absolute atomic E-state index is 12.1. The molecular formula is C16H27N3O3. The summed E-state index contributed by atoms with van der Waals surface area (Å²) in [6, 6.07) is 0. The van der Waals surface area contributed by atoms with Gasteiger partial charge in [0.15, 0.2) is 0 Å². The highest BCUT2D eigenvalue weighted by atomic mass is 16.6. The fourth-order valence-electron chi connectivity index (χ4n) is 2.52. The molecule has 1 aliphatic heterocycles. The minimum Gasteiger partial charge on any atom is -0.444 e. The molecule has 1 amide bonds. The molecule has 124 valence electrons. The van der Waals surface area contributed by atoms with Crippen molar-refractivity contribution in [3.63, 3.8) is 0 Å². The van der Waals surface area contributed by atoms with Crippen molar-refractivity contribution in [1.29, 1.82) is 0 Å². The minimum absolute atomic E-state index is 0.252. The maximum atomic E-state index is 12.1. The highest BCUT2D eigenvalue weighted by molar-refractivity contribution is 5.68. The van der Waals surface area contributed by atoms with E-state index in [1.165, 1.54) is 0 Å². The highest BCUT2D eigenvalue weighted by Crippen LogP contribution is 2.26. The number of likely N-dealkylation sites (tertiary alicyclic amines) is 1. The number of hydrogen-bond donors (Lipinski definition) is 0. The van der Waals surface area contributed by atoms with Gasteiger partial charge in [-0.25, -0.2) is 9.78 Å². The highest BCUT2D eigenvalue weighted by Gasteiger charge is 2.38. The summed E-state index contributed by atoms with van der Waals surface area (Å²) in [6.07, 6.45) is 7.05. The van der Waals surface area contributed by atoms with Gasteiger partial charge in [-0.3, -0.25) is 0 Å². The van der Waals surface area contributed by atoms with E-state index in [1.54, 1.807) is 11.1 Å². The molecule has 1 aromatic rings. The standard InChI is InChI=1S/C16H27N3O3/c1-15(2,3)22-14(20)19-9-6-16(4,12-19)21-11-5-8-18-10-7-17-13-18/h7,10,13H,5-6,8-9,11-12H2,1-4H3. The van der Waals surface area contributed by atoms with Gasteiger partial charge in [0.25, 0.3) is 0 Å². The van der Waals surface area contributed by atoms with Crippen LogP contribution in [-0.2, 0) is 16.0 Å². The number of carbonyl (C=O) groups is 1. The van der Waals surface area contributed by atoms with E-state index in [0.29, 0.717) is 19.7 Å². The molecule has 1 saturated heterocycles. The van der Waals surface area contributed by atoms with Crippen LogP contribution in [0.5, 0.6) is 0 Å². The molecule has 0 aliphatic carbocycles. The number of aryl methyl sites for hydroxylation is 1. The van der Waals surface area contributed by atoms with E-state index in [2.05, 4.69) is 11.9 Å². The van der Waals surface area contributed by atoms with Gasteiger partial charge in [-0.2, -0.15) is 0 Å². The molecule has 0 spiro atoms. The molecule has 2 rings (SSSR count). The Bertz CT molecular complexity index is 481. The zero-order valence-corrected chi connectivity index (χ0v) is 14.0. The Morgan fingerprint density at radius 3 is 2.82 bits per heavy atom. The summed E-state index contributed by atoms with van der Waals surface area (Å²) in [5, 5.41) is 0. The molecule has 6 nitrogen and oxygen atoms in total. The molecule has 0 saturated carbocycles. The molecule has 6 heteroatoms. The Morgan fingerprint density at radius 2 is 2.18 bits per heavy atom. The van der Waals surface area contributed by atoms with E-state index >= 15 is 0 Å². The smallest absolute Gasteiger partial charge is 0.410 e. The predicted octanol–water partition coefficient (Wildman–Crippen LogP) is 2.69. The summed E-state index contributed by atoms with van der Waals surface area (Å²) in [6.45, 7) is 10.6. The van der Waals surface area contributed by atoms with Crippen molar-refractivity contribution in [3.8, 4) is 0 Å². The van der Waals surface area contributed by atoms with Crippen LogP contribution in [0.15, 0.2) is 18.7 Å². The van der Waals surface area contributed by atoms with Crippen LogP contribution in [0.3, 0.4) is 0 Å². The average Bonchev–Trinajstić information content (AvgIpc) is 3.03. The topological polar surface area (TPSA) is 56.6 Å². The van der Waals surface area contributed by atoms with Crippen LogP contribution in [0.1, 0.15) is 40.5 Å². The fourth-order valence-corrected chi connectivity index (χ4v) is 2.52. The number of amides is 1. The predicted molar refractivity (Wildman–Crippen MR) is 83.6 cm³/mol. The fraction of sp³-hybridized carbons (Fsp3) is 0.750. The third-order valence-corrected chi connectivity index (χ3v) is 3.66. The number of ether oxygens (including phenoxy) is 2. The number of hydrogen-bond acceptors (Lipinski definition) is 4. The SMILES string of the molecule is CC(C)(C)OC(=O)N1CCC(C)(OCCCn2ccnc2)C1.